The zero-order chi connectivity index (χ0) is 12.3. The molecule has 0 saturated heterocycles. The molecular weight excluding hydrogens is 220 g/mol. The fourth-order valence-electron chi connectivity index (χ4n) is 1.25. The summed E-state index contributed by atoms with van der Waals surface area (Å²) in [6.07, 6.45) is -2.97. The van der Waals surface area contributed by atoms with Crippen LogP contribution >= 0.6 is 0 Å². The van der Waals surface area contributed by atoms with E-state index in [-0.39, 0.29) is 23.2 Å². The van der Waals surface area contributed by atoms with E-state index in [4.69, 9.17) is 0 Å². The molecule has 1 N–H and O–H groups in total. The SMILES string of the molecule is COC(=O)Cc1cc(C(F)F)c(C)c(=O)[nH]1. The van der Waals surface area contributed by atoms with Gasteiger partial charge in [0.25, 0.3) is 12.0 Å². The number of methoxy groups -OCH3 is 1. The summed E-state index contributed by atoms with van der Waals surface area (Å²) in [7, 11) is 1.18. The highest BCUT2D eigenvalue weighted by atomic mass is 19.3. The molecule has 0 aliphatic carbocycles. The molecule has 4 nitrogen and oxygen atoms in total. The number of carbonyl (C=O) groups excluding carboxylic acids is 1. The minimum Gasteiger partial charge on any atom is -0.469 e. The molecule has 1 aromatic heterocycles. The predicted octanol–water partition coefficient (Wildman–Crippen LogP) is 1.34. The largest absolute Gasteiger partial charge is 0.469 e. The van der Waals surface area contributed by atoms with E-state index in [9.17, 15) is 18.4 Å². The Bertz CT molecular complexity index is 454. The van der Waals surface area contributed by atoms with Crippen LogP contribution in [0.3, 0.4) is 0 Å². The number of pyridine rings is 1. The van der Waals surface area contributed by atoms with E-state index < -0.39 is 18.0 Å². The van der Waals surface area contributed by atoms with Crippen molar-refractivity contribution >= 4 is 5.97 Å². The molecule has 0 aliphatic rings. The number of alkyl halides is 2. The van der Waals surface area contributed by atoms with Crippen molar-refractivity contribution in [3.8, 4) is 0 Å². The molecule has 0 aliphatic heterocycles. The number of aromatic nitrogens is 1. The summed E-state index contributed by atoms with van der Waals surface area (Å²) in [4.78, 5) is 24.6. The summed E-state index contributed by atoms with van der Waals surface area (Å²) in [5.74, 6) is -0.597. The van der Waals surface area contributed by atoms with E-state index in [1.54, 1.807) is 0 Å². The number of hydrogen-bond acceptors (Lipinski definition) is 3. The van der Waals surface area contributed by atoms with Crippen LogP contribution in [0.5, 0.6) is 0 Å². The number of aromatic amines is 1. The Hall–Kier alpha value is -1.72. The van der Waals surface area contributed by atoms with Crippen LogP contribution in [0.4, 0.5) is 8.78 Å². The van der Waals surface area contributed by atoms with Gasteiger partial charge in [-0.25, -0.2) is 8.78 Å². The maximum Gasteiger partial charge on any atom is 0.311 e. The van der Waals surface area contributed by atoms with Gasteiger partial charge in [-0.3, -0.25) is 9.59 Å². The average Bonchev–Trinajstić information content (AvgIpc) is 2.22. The second-order valence-electron chi connectivity index (χ2n) is 3.26. The molecule has 0 saturated carbocycles. The second kappa shape index (κ2) is 4.87. The third-order valence-corrected chi connectivity index (χ3v) is 2.17. The summed E-state index contributed by atoms with van der Waals surface area (Å²) >= 11 is 0. The first kappa shape index (κ1) is 12.4. The van der Waals surface area contributed by atoms with Crippen molar-refractivity contribution in [3.05, 3.63) is 33.2 Å². The smallest absolute Gasteiger partial charge is 0.311 e. The van der Waals surface area contributed by atoms with Crippen LogP contribution in [-0.2, 0) is 16.0 Å². The highest BCUT2D eigenvalue weighted by molar-refractivity contribution is 5.71. The zero-order valence-electron chi connectivity index (χ0n) is 8.84. The molecule has 1 heterocycles. The van der Waals surface area contributed by atoms with Gasteiger partial charge in [-0.05, 0) is 13.0 Å². The van der Waals surface area contributed by atoms with E-state index in [0.29, 0.717) is 0 Å². The normalized spacial score (nSPS) is 10.6. The summed E-state index contributed by atoms with van der Waals surface area (Å²) < 4.78 is 29.5. The maximum absolute atomic E-state index is 12.5. The van der Waals surface area contributed by atoms with Crippen LogP contribution in [0.25, 0.3) is 0 Å². The Balaban J connectivity index is 3.14. The van der Waals surface area contributed by atoms with E-state index >= 15 is 0 Å². The summed E-state index contributed by atoms with van der Waals surface area (Å²) in [6.45, 7) is 1.31. The van der Waals surface area contributed by atoms with Crippen LogP contribution in [-0.4, -0.2) is 18.1 Å². The first-order valence-corrected chi connectivity index (χ1v) is 4.53. The Morgan fingerprint density at radius 2 is 2.19 bits per heavy atom. The highest BCUT2D eigenvalue weighted by Gasteiger charge is 2.15. The summed E-state index contributed by atoms with van der Waals surface area (Å²) in [5, 5.41) is 0. The molecule has 16 heavy (non-hydrogen) atoms. The molecule has 1 aromatic rings. The molecule has 0 fully saturated rings. The second-order valence-corrected chi connectivity index (χ2v) is 3.26. The van der Waals surface area contributed by atoms with Crippen molar-refractivity contribution in [2.75, 3.05) is 7.11 Å². The fourth-order valence-corrected chi connectivity index (χ4v) is 1.25. The van der Waals surface area contributed by atoms with Crippen molar-refractivity contribution in [1.29, 1.82) is 0 Å². The number of H-pyrrole nitrogens is 1. The molecule has 1 rings (SSSR count). The van der Waals surface area contributed by atoms with Crippen LogP contribution in [0.1, 0.15) is 23.2 Å². The van der Waals surface area contributed by atoms with Gasteiger partial charge >= 0.3 is 5.97 Å². The number of ether oxygens (including phenoxy) is 1. The zero-order valence-corrected chi connectivity index (χ0v) is 8.84. The van der Waals surface area contributed by atoms with E-state index in [2.05, 4.69) is 9.72 Å². The van der Waals surface area contributed by atoms with Gasteiger partial charge in [0, 0.05) is 16.8 Å². The fraction of sp³-hybridized carbons (Fsp3) is 0.400. The van der Waals surface area contributed by atoms with Gasteiger partial charge in [-0.1, -0.05) is 0 Å². The van der Waals surface area contributed by atoms with Gasteiger partial charge in [-0.2, -0.15) is 0 Å². The van der Waals surface area contributed by atoms with E-state index in [1.807, 2.05) is 0 Å². The number of nitrogens with one attached hydrogen (secondary N) is 1. The Morgan fingerprint density at radius 1 is 1.56 bits per heavy atom. The number of halogens is 2. The lowest BCUT2D eigenvalue weighted by Gasteiger charge is -2.06. The molecule has 0 radical (unpaired) electrons. The molecular formula is C10H11F2NO3. The number of esters is 1. The van der Waals surface area contributed by atoms with Gasteiger partial charge in [-0.15, -0.1) is 0 Å². The summed E-state index contributed by atoms with van der Waals surface area (Å²) in [6, 6.07) is 1.11. The Kier molecular flexibility index (Phi) is 3.76. The minimum atomic E-state index is -2.74. The van der Waals surface area contributed by atoms with E-state index in [0.717, 1.165) is 6.07 Å². The van der Waals surface area contributed by atoms with E-state index in [1.165, 1.54) is 14.0 Å². The van der Waals surface area contributed by atoms with Crippen LogP contribution < -0.4 is 5.56 Å². The minimum absolute atomic E-state index is 0.0383. The third-order valence-electron chi connectivity index (χ3n) is 2.17. The standard InChI is InChI=1S/C10H11F2NO3/c1-5-7(9(11)12)3-6(13-10(5)15)4-8(14)16-2/h3,9H,4H2,1-2H3,(H,13,15). The first-order valence-electron chi connectivity index (χ1n) is 4.53. The molecule has 0 bridgehead atoms. The quantitative estimate of drug-likeness (QED) is 0.798. The Morgan fingerprint density at radius 3 is 2.69 bits per heavy atom. The highest BCUT2D eigenvalue weighted by Crippen LogP contribution is 2.20. The van der Waals surface area contributed by atoms with Crippen molar-refractivity contribution in [3.63, 3.8) is 0 Å². The van der Waals surface area contributed by atoms with Gasteiger partial charge in [0.15, 0.2) is 0 Å². The molecule has 0 unspecified atom stereocenters. The average molecular weight is 231 g/mol. The van der Waals surface area contributed by atoms with Gasteiger partial charge in [0.1, 0.15) is 0 Å². The third kappa shape index (κ3) is 2.65. The van der Waals surface area contributed by atoms with Crippen LogP contribution in [0.15, 0.2) is 10.9 Å². The summed E-state index contributed by atoms with van der Waals surface area (Å²) in [5.41, 5.74) is -0.888. The molecule has 0 atom stereocenters. The lowest BCUT2D eigenvalue weighted by molar-refractivity contribution is -0.139. The van der Waals surface area contributed by atoms with Gasteiger partial charge < -0.3 is 9.72 Å². The predicted molar refractivity (Wildman–Crippen MR) is 52.5 cm³/mol. The first-order chi connectivity index (χ1) is 7.45. The molecule has 0 amide bonds. The monoisotopic (exact) mass is 231 g/mol. The Labute approximate surface area is 90.2 Å². The topological polar surface area (TPSA) is 59.2 Å². The van der Waals surface area contributed by atoms with Crippen LogP contribution in [0.2, 0.25) is 0 Å². The van der Waals surface area contributed by atoms with Crippen molar-refractivity contribution in [2.24, 2.45) is 0 Å². The van der Waals surface area contributed by atoms with Crippen LogP contribution in [0, 0.1) is 6.92 Å². The maximum atomic E-state index is 12.5. The van der Waals surface area contributed by atoms with Gasteiger partial charge in [0.2, 0.25) is 0 Å². The van der Waals surface area contributed by atoms with Gasteiger partial charge in [0.05, 0.1) is 13.5 Å². The molecule has 88 valence electrons. The molecule has 0 aromatic carbocycles. The lowest BCUT2D eigenvalue weighted by atomic mass is 10.1. The molecule has 0 spiro atoms. The van der Waals surface area contributed by atoms with Crippen molar-refractivity contribution in [2.45, 2.75) is 19.8 Å². The lowest BCUT2D eigenvalue weighted by Crippen LogP contribution is -2.17. The van der Waals surface area contributed by atoms with Crippen molar-refractivity contribution in [1.82, 2.24) is 4.98 Å². The van der Waals surface area contributed by atoms with Crippen molar-refractivity contribution < 1.29 is 18.3 Å². The number of carbonyl (C=O) groups is 1. The molecule has 6 heteroatoms. The number of rotatable bonds is 3. The number of hydrogen-bond donors (Lipinski definition) is 1.